The van der Waals surface area contributed by atoms with Crippen LogP contribution in [0.15, 0.2) is 65.7 Å². The lowest BCUT2D eigenvalue weighted by atomic mass is 9.82. The molecule has 0 radical (unpaired) electrons. The number of likely N-dealkylation sites (N-methyl/N-ethyl adjacent to an activating group) is 1. The van der Waals surface area contributed by atoms with Crippen LogP contribution < -0.4 is 0 Å². The Morgan fingerprint density at radius 2 is 1.46 bits per heavy atom. The minimum Gasteiger partial charge on any atom is -0.369 e. The van der Waals surface area contributed by atoms with Gasteiger partial charge in [-0.05, 0) is 31.9 Å². The highest BCUT2D eigenvalue weighted by molar-refractivity contribution is 8.93. The van der Waals surface area contributed by atoms with Gasteiger partial charge in [-0.2, -0.15) is 0 Å². The van der Waals surface area contributed by atoms with Gasteiger partial charge in [0.15, 0.2) is 10.9 Å². The zero-order valence-electron chi connectivity index (χ0n) is 15.7. The van der Waals surface area contributed by atoms with Gasteiger partial charge >= 0.3 is 0 Å². The van der Waals surface area contributed by atoms with Gasteiger partial charge in [0.25, 0.3) is 0 Å². The van der Waals surface area contributed by atoms with Crippen molar-refractivity contribution in [2.75, 3.05) is 12.8 Å². The molecule has 1 fully saturated rings. The van der Waals surface area contributed by atoms with Crippen LogP contribution in [0, 0.1) is 0 Å². The van der Waals surface area contributed by atoms with Crippen molar-refractivity contribution in [2.45, 2.75) is 38.0 Å². The summed E-state index contributed by atoms with van der Waals surface area (Å²) in [4.78, 5) is 6.75. The van der Waals surface area contributed by atoms with Crippen LogP contribution in [0.25, 0.3) is 0 Å². The minimum atomic E-state index is -1.02. The minimum absolute atomic E-state index is 0. The second kappa shape index (κ2) is 8.15. The van der Waals surface area contributed by atoms with Gasteiger partial charge in [-0.1, -0.05) is 72.4 Å². The van der Waals surface area contributed by atoms with Gasteiger partial charge in [0.2, 0.25) is 0 Å². The first kappa shape index (κ1) is 21.0. The number of amidine groups is 1. The molecular formula is C21H27BrN2OS. The number of hydrogen-bond donors (Lipinski definition) is 1. The van der Waals surface area contributed by atoms with Crippen molar-refractivity contribution < 1.29 is 5.11 Å². The number of hydrogen-bond acceptors (Lipinski definition) is 3. The molecule has 1 unspecified atom stereocenters. The van der Waals surface area contributed by atoms with E-state index in [1.165, 1.54) is 0 Å². The Morgan fingerprint density at radius 1 is 1.00 bits per heavy atom. The molecule has 2 aromatic rings. The van der Waals surface area contributed by atoms with Crippen molar-refractivity contribution in [3.05, 3.63) is 71.8 Å². The van der Waals surface area contributed by atoms with Crippen molar-refractivity contribution >= 4 is 33.9 Å². The van der Waals surface area contributed by atoms with Gasteiger partial charge in [0.1, 0.15) is 0 Å². The van der Waals surface area contributed by atoms with E-state index >= 15 is 0 Å². The van der Waals surface area contributed by atoms with Gasteiger partial charge in [-0.3, -0.25) is 4.99 Å². The summed E-state index contributed by atoms with van der Waals surface area (Å²) in [6, 6.07) is 20.5. The molecule has 1 N–H and O–H groups in total. The maximum atomic E-state index is 11.7. The van der Waals surface area contributed by atoms with Crippen LogP contribution in [0.2, 0.25) is 0 Å². The maximum Gasteiger partial charge on any atom is 0.161 e. The van der Waals surface area contributed by atoms with Crippen LogP contribution in [0.5, 0.6) is 0 Å². The Kier molecular flexibility index (Phi) is 6.59. The summed E-state index contributed by atoms with van der Waals surface area (Å²) >= 11 is 1.63. The number of rotatable bonds is 3. The Hall–Kier alpha value is -1.30. The molecule has 0 spiro atoms. The summed E-state index contributed by atoms with van der Waals surface area (Å²) in [5.41, 5.74) is 1.04. The topological polar surface area (TPSA) is 35.8 Å². The van der Waals surface area contributed by atoms with Gasteiger partial charge in [-0.25, -0.2) is 0 Å². The van der Waals surface area contributed by atoms with Crippen molar-refractivity contribution in [3.8, 4) is 0 Å². The first-order chi connectivity index (χ1) is 11.8. The molecule has 0 saturated carbocycles. The van der Waals surface area contributed by atoms with E-state index < -0.39 is 5.72 Å². The number of nitrogens with zero attached hydrogens (tertiary/aromatic N) is 2. The average molecular weight is 435 g/mol. The lowest BCUT2D eigenvalue weighted by molar-refractivity contribution is -0.0436. The monoisotopic (exact) mass is 434 g/mol. The van der Waals surface area contributed by atoms with Crippen LogP contribution in [0.3, 0.4) is 0 Å². The SMILES string of the molecule is Br.CN1C(=NC(C)(C)C)SCC1(O)C(c1ccccc1)c1ccccc1. The summed E-state index contributed by atoms with van der Waals surface area (Å²) in [5, 5.41) is 12.6. The van der Waals surface area contributed by atoms with E-state index in [1.807, 2.05) is 48.3 Å². The largest absolute Gasteiger partial charge is 0.369 e. The maximum absolute atomic E-state index is 11.7. The van der Waals surface area contributed by atoms with Gasteiger partial charge in [-0.15, -0.1) is 17.0 Å². The summed E-state index contributed by atoms with van der Waals surface area (Å²) in [5.74, 6) is 0.451. The van der Waals surface area contributed by atoms with Crippen LogP contribution in [-0.2, 0) is 0 Å². The highest BCUT2D eigenvalue weighted by Crippen LogP contribution is 2.44. The lowest BCUT2D eigenvalue weighted by Gasteiger charge is -2.39. The van der Waals surface area contributed by atoms with Gasteiger partial charge in [0.05, 0.1) is 11.5 Å². The molecule has 1 aliphatic rings. The van der Waals surface area contributed by atoms with Gasteiger partial charge in [0, 0.05) is 12.8 Å². The van der Waals surface area contributed by atoms with Crippen molar-refractivity contribution in [2.24, 2.45) is 4.99 Å². The lowest BCUT2D eigenvalue weighted by Crippen LogP contribution is -2.50. The molecule has 0 amide bonds. The number of halogens is 1. The molecule has 2 aromatic carbocycles. The molecule has 26 heavy (non-hydrogen) atoms. The van der Waals surface area contributed by atoms with Crippen molar-refractivity contribution in [1.29, 1.82) is 0 Å². The van der Waals surface area contributed by atoms with E-state index in [9.17, 15) is 5.11 Å². The fraction of sp³-hybridized carbons (Fsp3) is 0.381. The molecule has 3 nitrogen and oxygen atoms in total. The molecule has 1 aliphatic heterocycles. The first-order valence-corrected chi connectivity index (χ1v) is 9.58. The number of aliphatic imine (C=N–C) groups is 1. The third kappa shape index (κ3) is 4.33. The van der Waals surface area contributed by atoms with Crippen LogP contribution >= 0.6 is 28.7 Å². The van der Waals surface area contributed by atoms with E-state index in [2.05, 4.69) is 45.0 Å². The van der Waals surface area contributed by atoms with E-state index in [0.29, 0.717) is 5.75 Å². The third-order valence-electron chi connectivity index (χ3n) is 4.44. The van der Waals surface area contributed by atoms with Crippen LogP contribution in [-0.4, -0.2) is 39.2 Å². The number of aliphatic hydroxyl groups is 1. The predicted molar refractivity (Wildman–Crippen MR) is 117 cm³/mol. The molecule has 0 bridgehead atoms. The Labute approximate surface area is 171 Å². The third-order valence-corrected chi connectivity index (χ3v) is 5.63. The Balaban J connectivity index is 0.00000243. The Bertz CT molecular complexity index is 706. The molecule has 1 atom stereocenters. The van der Waals surface area contributed by atoms with E-state index in [-0.39, 0.29) is 28.4 Å². The average Bonchev–Trinajstić information content (AvgIpc) is 2.85. The van der Waals surface area contributed by atoms with Crippen LogP contribution in [0.1, 0.15) is 37.8 Å². The molecule has 0 aromatic heterocycles. The number of thioether (sulfide) groups is 1. The van der Waals surface area contributed by atoms with E-state index in [4.69, 9.17) is 4.99 Å². The highest BCUT2D eigenvalue weighted by Gasteiger charge is 2.48. The van der Waals surface area contributed by atoms with Crippen LogP contribution in [0.4, 0.5) is 0 Å². The fourth-order valence-corrected chi connectivity index (χ4v) is 4.61. The second-order valence-corrected chi connectivity index (χ2v) is 8.49. The predicted octanol–water partition coefficient (Wildman–Crippen LogP) is 4.92. The second-order valence-electron chi connectivity index (χ2n) is 7.55. The smallest absolute Gasteiger partial charge is 0.161 e. The summed E-state index contributed by atoms with van der Waals surface area (Å²) in [6.07, 6.45) is 0. The molecule has 1 saturated heterocycles. The molecular weight excluding hydrogens is 408 g/mol. The van der Waals surface area contributed by atoms with E-state index in [1.54, 1.807) is 11.8 Å². The Morgan fingerprint density at radius 3 is 1.88 bits per heavy atom. The summed E-state index contributed by atoms with van der Waals surface area (Å²) in [7, 11) is 1.95. The summed E-state index contributed by atoms with van der Waals surface area (Å²) < 4.78 is 0. The summed E-state index contributed by atoms with van der Waals surface area (Å²) in [6.45, 7) is 6.24. The quantitative estimate of drug-likeness (QED) is 0.744. The molecule has 1 heterocycles. The standard InChI is InChI=1S/C21H26N2OS.BrH/c1-20(2,3)22-19-23(4)21(24,15-25-19)18(16-11-7-5-8-12-16)17-13-9-6-10-14-17;/h5-14,18,24H,15H2,1-4H3;1H. The zero-order chi connectivity index (χ0) is 18.1. The first-order valence-electron chi connectivity index (χ1n) is 8.60. The van der Waals surface area contributed by atoms with Crippen molar-refractivity contribution in [1.82, 2.24) is 4.90 Å². The molecule has 5 heteroatoms. The normalized spacial score (nSPS) is 21.9. The van der Waals surface area contributed by atoms with Gasteiger partial charge < -0.3 is 10.0 Å². The molecule has 3 rings (SSSR count). The van der Waals surface area contributed by atoms with E-state index in [0.717, 1.165) is 16.3 Å². The van der Waals surface area contributed by atoms with Crippen molar-refractivity contribution in [3.63, 3.8) is 0 Å². The molecule has 140 valence electrons. The molecule has 0 aliphatic carbocycles. The zero-order valence-corrected chi connectivity index (χ0v) is 18.2. The number of benzene rings is 2. The highest BCUT2D eigenvalue weighted by atomic mass is 79.9. The fourth-order valence-electron chi connectivity index (χ4n) is 3.22.